The molecule has 1 aliphatic rings. The summed E-state index contributed by atoms with van der Waals surface area (Å²) in [5.74, 6) is 0. The number of nitrogens with one attached hydrogen (secondary N) is 1. The lowest BCUT2D eigenvalue weighted by Gasteiger charge is -2.51. The minimum absolute atomic E-state index is 0.216. The Hall–Kier alpha value is -1.32. The van der Waals surface area contributed by atoms with Gasteiger partial charge in [-0.1, -0.05) is 32.0 Å². The molecule has 114 valence electrons. The molecule has 0 bridgehead atoms. The monoisotopic (exact) mass is 286 g/mol. The number of hydrogen-bond acceptors (Lipinski definition) is 2. The van der Waals surface area contributed by atoms with Gasteiger partial charge >= 0.3 is 0 Å². The topological polar surface area (TPSA) is 26.2 Å². The highest BCUT2D eigenvalue weighted by molar-refractivity contribution is 5.85. The molecule has 0 saturated heterocycles. The number of ether oxygens (including phenoxy) is 1. The molecule has 2 unspecified atom stereocenters. The predicted molar refractivity (Wildman–Crippen MR) is 87.5 cm³/mol. The Kier molecular flexibility index (Phi) is 3.58. The largest absolute Gasteiger partial charge is 0.381 e. The lowest BCUT2D eigenvalue weighted by Crippen LogP contribution is -2.60. The van der Waals surface area contributed by atoms with Gasteiger partial charge in [-0.2, -0.15) is 0 Å². The highest BCUT2D eigenvalue weighted by atomic mass is 16.5. The van der Waals surface area contributed by atoms with Crippen LogP contribution in [0.4, 0.5) is 0 Å². The first-order valence-corrected chi connectivity index (χ1v) is 7.76. The molecule has 1 fully saturated rings. The van der Waals surface area contributed by atoms with E-state index in [2.05, 4.69) is 62.0 Å². The zero-order chi connectivity index (χ0) is 15.2. The van der Waals surface area contributed by atoms with Gasteiger partial charge in [0, 0.05) is 48.8 Å². The molecule has 1 saturated carbocycles. The molecule has 3 nitrogen and oxygen atoms in total. The van der Waals surface area contributed by atoms with Crippen LogP contribution in [0.5, 0.6) is 0 Å². The van der Waals surface area contributed by atoms with Crippen LogP contribution in [0, 0.1) is 12.3 Å². The van der Waals surface area contributed by atoms with Crippen LogP contribution >= 0.6 is 0 Å². The summed E-state index contributed by atoms with van der Waals surface area (Å²) in [6.07, 6.45) is 1.48. The number of para-hydroxylation sites is 1. The van der Waals surface area contributed by atoms with Crippen LogP contribution in [0.1, 0.15) is 31.5 Å². The lowest BCUT2D eigenvalue weighted by atomic mass is 9.64. The number of methoxy groups -OCH3 is 1. The van der Waals surface area contributed by atoms with Crippen LogP contribution in [-0.2, 0) is 18.3 Å². The maximum absolute atomic E-state index is 5.53. The van der Waals surface area contributed by atoms with Crippen molar-refractivity contribution in [2.45, 2.75) is 45.9 Å². The molecular weight excluding hydrogens is 260 g/mol. The van der Waals surface area contributed by atoms with E-state index in [-0.39, 0.29) is 5.41 Å². The summed E-state index contributed by atoms with van der Waals surface area (Å²) in [7, 11) is 3.98. The van der Waals surface area contributed by atoms with Crippen molar-refractivity contribution in [3.8, 4) is 0 Å². The standard InChI is InChI=1S/C18H26N2O/c1-12-13-8-6-7-9-14(13)20(4)15(12)11-19-16-10-17(21-5)18(16,2)3/h6-9,16-17,19H,10-11H2,1-5H3. The summed E-state index contributed by atoms with van der Waals surface area (Å²) in [6.45, 7) is 7.72. The van der Waals surface area contributed by atoms with Crippen LogP contribution in [0.15, 0.2) is 24.3 Å². The molecule has 1 aliphatic carbocycles. The Morgan fingerprint density at radius 2 is 2.05 bits per heavy atom. The van der Waals surface area contributed by atoms with Gasteiger partial charge < -0.3 is 14.6 Å². The Balaban J connectivity index is 1.78. The molecular formula is C18H26N2O. The van der Waals surface area contributed by atoms with Gasteiger partial charge in [0.1, 0.15) is 0 Å². The van der Waals surface area contributed by atoms with Crippen molar-refractivity contribution >= 4 is 10.9 Å². The lowest BCUT2D eigenvalue weighted by molar-refractivity contribution is -0.0980. The molecule has 3 heteroatoms. The third kappa shape index (κ3) is 2.19. The number of hydrogen-bond donors (Lipinski definition) is 1. The second-order valence-corrected chi connectivity index (χ2v) is 6.86. The molecule has 1 heterocycles. The first-order chi connectivity index (χ1) is 9.96. The van der Waals surface area contributed by atoms with E-state index < -0.39 is 0 Å². The van der Waals surface area contributed by atoms with Crippen molar-refractivity contribution in [1.29, 1.82) is 0 Å². The van der Waals surface area contributed by atoms with Crippen molar-refractivity contribution in [2.75, 3.05) is 7.11 Å². The Morgan fingerprint density at radius 1 is 1.33 bits per heavy atom. The SMILES string of the molecule is COC1CC(NCc2c(C)c3ccccc3n2C)C1(C)C. The summed E-state index contributed by atoms with van der Waals surface area (Å²) < 4.78 is 7.85. The third-order valence-electron chi connectivity index (χ3n) is 5.49. The van der Waals surface area contributed by atoms with Gasteiger partial charge in [-0.05, 0) is 25.0 Å². The first-order valence-electron chi connectivity index (χ1n) is 7.76. The average Bonchev–Trinajstić information content (AvgIpc) is 2.71. The highest BCUT2D eigenvalue weighted by Crippen LogP contribution is 2.42. The molecule has 2 atom stereocenters. The Morgan fingerprint density at radius 3 is 2.67 bits per heavy atom. The number of fused-ring (bicyclic) bond motifs is 1. The minimum Gasteiger partial charge on any atom is -0.381 e. The molecule has 21 heavy (non-hydrogen) atoms. The molecule has 0 amide bonds. The third-order valence-corrected chi connectivity index (χ3v) is 5.49. The predicted octanol–water partition coefficient (Wildman–Crippen LogP) is 3.39. The van der Waals surface area contributed by atoms with Crippen LogP contribution in [0.2, 0.25) is 0 Å². The van der Waals surface area contributed by atoms with E-state index in [1.54, 1.807) is 0 Å². The van der Waals surface area contributed by atoms with Crippen LogP contribution < -0.4 is 5.32 Å². The van der Waals surface area contributed by atoms with Gasteiger partial charge in [0.05, 0.1) is 6.10 Å². The van der Waals surface area contributed by atoms with E-state index in [1.807, 2.05) is 7.11 Å². The summed E-state index contributed by atoms with van der Waals surface area (Å²) >= 11 is 0. The maximum atomic E-state index is 5.53. The zero-order valence-electron chi connectivity index (χ0n) is 13.7. The van der Waals surface area contributed by atoms with Crippen LogP contribution in [0.25, 0.3) is 10.9 Å². The summed E-state index contributed by atoms with van der Waals surface area (Å²) in [5.41, 5.74) is 4.30. The summed E-state index contributed by atoms with van der Waals surface area (Å²) in [5, 5.41) is 5.09. The summed E-state index contributed by atoms with van der Waals surface area (Å²) in [6, 6.07) is 9.16. The molecule has 0 spiro atoms. The van der Waals surface area contributed by atoms with Crippen molar-refractivity contribution in [3.05, 3.63) is 35.5 Å². The normalized spacial score (nSPS) is 24.2. The van der Waals surface area contributed by atoms with Gasteiger partial charge in [0.15, 0.2) is 0 Å². The number of nitrogens with zero attached hydrogens (tertiary/aromatic N) is 1. The van der Waals surface area contributed by atoms with E-state index in [4.69, 9.17) is 4.74 Å². The van der Waals surface area contributed by atoms with E-state index in [1.165, 1.54) is 22.2 Å². The van der Waals surface area contributed by atoms with Crippen molar-refractivity contribution < 1.29 is 4.74 Å². The number of rotatable bonds is 4. The van der Waals surface area contributed by atoms with Crippen molar-refractivity contribution in [2.24, 2.45) is 12.5 Å². The van der Waals surface area contributed by atoms with Gasteiger partial charge in [0.2, 0.25) is 0 Å². The fraction of sp³-hybridized carbons (Fsp3) is 0.556. The van der Waals surface area contributed by atoms with E-state index >= 15 is 0 Å². The fourth-order valence-electron chi connectivity index (χ4n) is 3.74. The van der Waals surface area contributed by atoms with Gasteiger partial charge in [-0.25, -0.2) is 0 Å². The molecule has 3 rings (SSSR count). The number of aromatic nitrogens is 1. The smallest absolute Gasteiger partial charge is 0.0652 e. The number of benzene rings is 1. The molecule has 0 radical (unpaired) electrons. The fourth-order valence-corrected chi connectivity index (χ4v) is 3.74. The number of aryl methyl sites for hydroxylation is 2. The summed E-state index contributed by atoms with van der Waals surface area (Å²) in [4.78, 5) is 0. The van der Waals surface area contributed by atoms with Gasteiger partial charge in [-0.15, -0.1) is 0 Å². The average molecular weight is 286 g/mol. The van der Waals surface area contributed by atoms with Crippen LogP contribution in [0.3, 0.4) is 0 Å². The first kappa shape index (κ1) is 14.6. The molecule has 2 aromatic rings. The Labute approximate surface area is 127 Å². The quantitative estimate of drug-likeness (QED) is 0.932. The van der Waals surface area contributed by atoms with Gasteiger partial charge in [-0.3, -0.25) is 0 Å². The van der Waals surface area contributed by atoms with Gasteiger partial charge in [0.25, 0.3) is 0 Å². The second kappa shape index (κ2) is 5.15. The minimum atomic E-state index is 0.216. The van der Waals surface area contributed by atoms with Crippen molar-refractivity contribution in [1.82, 2.24) is 9.88 Å². The van der Waals surface area contributed by atoms with Crippen LogP contribution in [-0.4, -0.2) is 23.8 Å². The Bertz CT molecular complexity index is 618. The molecule has 0 aliphatic heterocycles. The van der Waals surface area contributed by atoms with E-state index in [0.29, 0.717) is 12.1 Å². The molecule has 1 N–H and O–H groups in total. The molecule has 1 aromatic carbocycles. The second-order valence-electron chi connectivity index (χ2n) is 6.86. The van der Waals surface area contributed by atoms with Crippen molar-refractivity contribution in [3.63, 3.8) is 0 Å². The van der Waals surface area contributed by atoms with E-state index in [9.17, 15) is 0 Å². The highest BCUT2D eigenvalue weighted by Gasteiger charge is 2.48. The maximum Gasteiger partial charge on any atom is 0.0652 e. The van der Waals surface area contributed by atoms with E-state index in [0.717, 1.165) is 13.0 Å². The molecule has 1 aromatic heterocycles. The zero-order valence-corrected chi connectivity index (χ0v) is 13.7.